The standard InChI is InChI=1S/C31H44N4O7/c1-19(2)21(5)31(41)42-18-23-11-13-24(14-12-23)33-29(39)22(6)32-30(40)28(20(3)4)34-25(36)10-8-7-9-17-35-26(37)15-16-27(35)38/h11-16,19-22,28H,7-10,17-18H2,1-6H3,(H,32,40)(H,33,39)(H,34,36)/t21?,22-,28-/m1/s1. The average Bonchev–Trinajstić information content (AvgIpc) is 3.26. The smallest absolute Gasteiger partial charge is 0.309 e. The number of imide groups is 1. The molecule has 0 radical (unpaired) electrons. The Morgan fingerprint density at radius 1 is 0.786 bits per heavy atom. The fourth-order valence-corrected chi connectivity index (χ4v) is 4.03. The van der Waals surface area contributed by atoms with E-state index in [1.54, 1.807) is 45.0 Å². The van der Waals surface area contributed by atoms with E-state index in [2.05, 4.69) is 16.0 Å². The van der Waals surface area contributed by atoms with Gasteiger partial charge in [-0.2, -0.15) is 0 Å². The van der Waals surface area contributed by atoms with Crippen molar-refractivity contribution >= 4 is 41.2 Å². The normalized spacial score (nSPS) is 15.0. The highest BCUT2D eigenvalue weighted by Gasteiger charge is 2.27. The second-order valence-corrected chi connectivity index (χ2v) is 11.3. The summed E-state index contributed by atoms with van der Waals surface area (Å²) in [5, 5.41) is 8.16. The lowest BCUT2D eigenvalue weighted by Gasteiger charge is -2.24. The summed E-state index contributed by atoms with van der Waals surface area (Å²) in [5.74, 6) is -2.31. The SMILES string of the molecule is CC(C)C(C)C(=O)OCc1ccc(NC(=O)[C@@H](C)NC(=O)[C@H](NC(=O)CCCCCN2C(=O)C=CC2=O)C(C)C)cc1. The lowest BCUT2D eigenvalue weighted by atomic mass is 9.99. The van der Waals surface area contributed by atoms with E-state index in [0.29, 0.717) is 31.5 Å². The van der Waals surface area contributed by atoms with E-state index in [1.807, 2.05) is 20.8 Å². The summed E-state index contributed by atoms with van der Waals surface area (Å²) in [4.78, 5) is 74.5. The number of benzene rings is 1. The first-order chi connectivity index (χ1) is 19.8. The molecule has 0 aromatic heterocycles. The number of carbonyl (C=O) groups is 6. The minimum Gasteiger partial charge on any atom is -0.461 e. The molecule has 3 atom stereocenters. The number of nitrogens with zero attached hydrogens (tertiary/aromatic N) is 1. The van der Waals surface area contributed by atoms with Gasteiger partial charge in [-0.05, 0) is 49.3 Å². The van der Waals surface area contributed by atoms with Crippen LogP contribution in [0.1, 0.15) is 72.8 Å². The van der Waals surface area contributed by atoms with E-state index >= 15 is 0 Å². The van der Waals surface area contributed by atoms with Crippen LogP contribution in [-0.4, -0.2) is 59.0 Å². The van der Waals surface area contributed by atoms with Gasteiger partial charge in [0.25, 0.3) is 11.8 Å². The topological polar surface area (TPSA) is 151 Å². The van der Waals surface area contributed by atoms with Gasteiger partial charge in [0.1, 0.15) is 18.7 Å². The predicted molar refractivity (Wildman–Crippen MR) is 158 cm³/mol. The molecule has 0 saturated carbocycles. The molecule has 0 spiro atoms. The Labute approximate surface area is 247 Å². The summed E-state index contributed by atoms with van der Waals surface area (Å²) < 4.78 is 5.35. The molecule has 3 N–H and O–H groups in total. The van der Waals surface area contributed by atoms with Crippen LogP contribution >= 0.6 is 0 Å². The van der Waals surface area contributed by atoms with E-state index in [4.69, 9.17) is 4.74 Å². The van der Waals surface area contributed by atoms with Gasteiger partial charge in [-0.3, -0.25) is 33.7 Å². The monoisotopic (exact) mass is 584 g/mol. The molecular weight excluding hydrogens is 540 g/mol. The third-order valence-corrected chi connectivity index (χ3v) is 7.18. The van der Waals surface area contributed by atoms with Crippen molar-refractivity contribution in [2.24, 2.45) is 17.8 Å². The summed E-state index contributed by atoms with van der Waals surface area (Å²) >= 11 is 0. The molecule has 1 aromatic carbocycles. The fourth-order valence-electron chi connectivity index (χ4n) is 4.03. The Balaban J connectivity index is 1.76. The van der Waals surface area contributed by atoms with Crippen molar-refractivity contribution in [3.05, 3.63) is 42.0 Å². The predicted octanol–water partition coefficient (Wildman–Crippen LogP) is 3.09. The molecule has 0 bridgehead atoms. The maximum Gasteiger partial charge on any atom is 0.309 e. The first-order valence-corrected chi connectivity index (χ1v) is 14.5. The number of anilines is 1. The number of unbranched alkanes of at least 4 members (excludes halogenated alkanes) is 2. The Morgan fingerprint density at radius 3 is 1.98 bits per heavy atom. The number of esters is 1. The molecule has 42 heavy (non-hydrogen) atoms. The quantitative estimate of drug-likeness (QED) is 0.153. The fraction of sp³-hybridized carbons (Fsp3) is 0.548. The van der Waals surface area contributed by atoms with Gasteiger partial charge in [-0.15, -0.1) is 0 Å². The number of nitrogens with one attached hydrogen (secondary N) is 3. The summed E-state index contributed by atoms with van der Waals surface area (Å²) in [6.07, 6.45) is 4.44. The van der Waals surface area contributed by atoms with Gasteiger partial charge in [-0.25, -0.2) is 0 Å². The molecule has 2 rings (SSSR count). The molecule has 1 aliphatic heterocycles. The van der Waals surface area contributed by atoms with Crippen molar-refractivity contribution in [2.45, 2.75) is 85.9 Å². The maximum atomic E-state index is 12.9. The molecule has 0 aliphatic carbocycles. The zero-order chi connectivity index (χ0) is 31.4. The van der Waals surface area contributed by atoms with E-state index in [9.17, 15) is 28.8 Å². The Kier molecular flexibility index (Phi) is 13.4. The van der Waals surface area contributed by atoms with Crippen molar-refractivity contribution in [3.63, 3.8) is 0 Å². The molecule has 1 aromatic rings. The van der Waals surface area contributed by atoms with Crippen LogP contribution in [0.2, 0.25) is 0 Å². The highest BCUT2D eigenvalue weighted by molar-refractivity contribution is 6.12. The first kappa shape index (κ1) is 34.2. The third kappa shape index (κ3) is 10.8. The highest BCUT2D eigenvalue weighted by Crippen LogP contribution is 2.15. The highest BCUT2D eigenvalue weighted by atomic mass is 16.5. The lowest BCUT2D eigenvalue weighted by molar-refractivity contribution is -0.150. The Bertz CT molecular complexity index is 1140. The molecule has 1 heterocycles. The molecule has 5 amide bonds. The molecule has 230 valence electrons. The van der Waals surface area contributed by atoms with Crippen LogP contribution in [0.25, 0.3) is 0 Å². The minimum atomic E-state index is -0.862. The molecule has 1 unspecified atom stereocenters. The number of amides is 5. The van der Waals surface area contributed by atoms with Crippen LogP contribution in [0, 0.1) is 17.8 Å². The lowest BCUT2D eigenvalue weighted by Crippen LogP contribution is -2.53. The second-order valence-electron chi connectivity index (χ2n) is 11.3. The molecule has 1 aliphatic rings. The van der Waals surface area contributed by atoms with Gasteiger partial charge < -0.3 is 20.7 Å². The van der Waals surface area contributed by atoms with Gasteiger partial charge in [0, 0.05) is 30.8 Å². The molecule has 11 heteroatoms. The number of carbonyl (C=O) groups excluding carboxylic acids is 6. The molecule has 11 nitrogen and oxygen atoms in total. The molecule has 0 fully saturated rings. The second kappa shape index (κ2) is 16.4. The van der Waals surface area contributed by atoms with Gasteiger partial charge in [0.15, 0.2) is 0 Å². The van der Waals surface area contributed by atoms with E-state index in [-0.39, 0.29) is 54.5 Å². The van der Waals surface area contributed by atoms with Crippen LogP contribution in [0.3, 0.4) is 0 Å². The van der Waals surface area contributed by atoms with E-state index in [1.165, 1.54) is 17.1 Å². The van der Waals surface area contributed by atoms with Crippen molar-refractivity contribution in [1.29, 1.82) is 0 Å². The van der Waals surface area contributed by atoms with Crippen LogP contribution in [0.4, 0.5) is 5.69 Å². The van der Waals surface area contributed by atoms with Crippen molar-refractivity contribution in [2.75, 3.05) is 11.9 Å². The molecule has 0 saturated heterocycles. The van der Waals surface area contributed by atoms with Gasteiger partial charge in [0.05, 0.1) is 5.92 Å². The van der Waals surface area contributed by atoms with Crippen molar-refractivity contribution in [1.82, 2.24) is 15.5 Å². The number of rotatable bonds is 16. The van der Waals surface area contributed by atoms with Gasteiger partial charge >= 0.3 is 5.97 Å². The van der Waals surface area contributed by atoms with Crippen LogP contribution < -0.4 is 16.0 Å². The first-order valence-electron chi connectivity index (χ1n) is 14.5. The summed E-state index contributed by atoms with van der Waals surface area (Å²) in [6, 6.07) is 5.20. The molecular formula is C31H44N4O7. The summed E-state index contributed by atoms with van der Waals surface area (Å²) in [5.41, 5.74) is 1.30. The Morgan fingerprint density at radius 2 is 1.40 bits per heavy atom. The zero-order valence-electron chi connectivity index (χ0n) is 25.4. The average molecular weight is 585 g/mol. The van der Waals surface area contributed by atoms with E-state index in [0.717, 1.165) is 5.56 Å². The number of hydrogen-bond donors (Lipinski definition) is 3. The Hall–Kier alpha value is -4.02. The van der Waals surface area contributed by atoms with Gasteiger partial charge in [-0.1, -0.05) is 53.2 Å². The number of ether oxygens (including phenoxy) is 1. The minimum absolute atomic E-state index is 0.136. The van der Waals surface area contributed by atoms with Crippen LogP contribution in [0.5, 0.6) is 0 Å². The number of hydrogen-bond acceptors (Lipinski definition) is 7. The van der Waals surface area contributed by atoms with Crippen LogP contribution in [-0.2, 0) is 40.1 Å². The zero-order valence-corrected chi connectivity index (χ0v) is 25.4. The third-order valence-electron chi connectivity index (χ3n) is 7.18. The van der Waals surface area contributed by atoms with E-state index < -0.39 is 23.9 Å². The van der Waals surface area contributed by atoms with Crippen molar-refractivity contribution in [3.8, 4) is 0 Å². The van der Waals surface area contributed by atoms with Gasteiger partial charge in [0.2, 0.25) is 17.7 Å². The largest absolute Gasteiger partial charge is 0.461 e. The van der Waals surface area contributed by atoms with Crippen molar-refractivity contribution < 1.29 is 33.5 Å². The summed E-state index contributed by atoms with van der Waals surface area (Å²) in [7, 11) is 0. The maximum absolute atomic E-state index is 12.9. The summed E-state index contributed by atoms with van der Waals surface area (Å²) in [6.45, 7) is 11.4. The van der Waals surface area contributed by atoms with Crippen LogP contribution in [0.15, 0.2) is 36.4 Å².